The first-order valence-electron chi connectivity index (χ1n) is 10.7. The summed E-state index contributed by atoms with van der Waals surface area (Å²) >= 11 is 7.80. The third-order valence-electron chi connectivity index (χ3n) is 5.52. The zero-order valence-electron chi connectivity index (χ0n) is 18.8. The fourth-order valence-electron chi connectivity index (χ4n) is 3.75. The summed E-state index contributed by atoms with van der Waals surface area (Å²) in [6.07, 6.45) is -0.964. The molecule has 2 aromatic rings. The number of nitrogens with zero attached hydrogens (tertiary/aromatic N) is 2. The monoisotopic (exact) mass is 476 g/mol. The van der Waals surface area contributed by atoms with Gasteiger partial charge in [-0.05, 0) is 49.0 Å². The number of esters is 1. The van der Waals surface area contributed by atoms with E-state index in [-0.39, 0.29) is 5.91 Å². The summed E-state index contributed by atoms with van der Waals surface area (Å²) in [6.45, 7) is 8.51. The molecule has 6 nitrogen and oxygen atoms in total. The maximum absolute atomic E-state index is 13.8. The molecular weight excluding hydrogens is 448 g/mol. The summed E-state index contributed by atoms with van der Waals surface area (Å²) in [7, 11) is 1.60. The highest BCUT2D eigenvalue weighted by Gasteiger charge is 2.40. The molecule has 1 amide bonds. The number of ether oxygens (including phenoxy) is 2. The summed E-state index contributed by atoms with van der Waals surface area (Å²) in [5, 5.41) is 0.166. The van der Waals surface area contributed by atoms with Crippen molar-refractivity contribution in [3.63, 3.8) is 0 Å². The average molecular weight is 477 g/mol. The van der Waals surface area contributed by atoms with Crippen molar-refractivity contribution < 1.29 is 19.1 Å². The van der Waals surface area contributed by atoms with Crippen LogP contribution in [0.3, 0.4) is 0 Å². The van der Waals surface area contributed by atoms with Crippen molar-refractivity contribution in [2.24, 2.45) is 0 Å². The average Bonchev–Trinajstić information content (AvgIpc) is 2.89. The molecule has 2 aromatic carbocycles. The van der Waals surface area contributed by atoms with Gasteiger partial charge in [0.05, 0.1) is 18.0 Å². The minimum absolute atomic E-state index is 0.234. The van der Waals surface area contributed by atoms with Crippen LogP contribution < -0.4 is 9.64 Å². The van der Waals surface area contributed by atoms with E-state index >= 15 is 0 Å². The first kappa shape index (κ1) is 24.4. The van der Waals surface area contributed by atoms with E-state index in [1.54, 1.807) is 18.1 Å². The normalized spacial score (nSPS) is 18.3. The Balaban J connectivity index is 2.06. The van der Waals surface area contributed by atoms with Crippen LogP contribution in [0.15, 0.2) is 47.4 Å². The molecule has 1 aliphatic rings. The van der Waals surface area contributed by atoms with Crippen LogP contribution in [0, 0.1) is 0 Å². The molecule has 0 bridgehead atoms. The predicted molar refractivity (Wildman–Crippen MR) is 129 cm³/mol. The lowest BCUT2D eigenvalue weighted by molar-refractivity contribution is -0.152. The van der Waals surface area contributed by atoms with Gasteiger partial charge in [-0.25, -0.2) is 0 Å². The number of thioether (sulfide) groups is 1. The molecule has 1 heterocycles. The third-order valence-corrected chi connectivity index (χ3v) is 7.11. The van der Waals surface area contributed by atoms with Crippen molar-refractivity contribution >= 4 is 40.9 Å². The number of fused-ring (bicyclic) bond motifs is 1. The molecule has 8 heteroatoms. The van der Waals surface area contributed by atoms with E-state index in [2.05, 4.69) is 18.7 Å². The van der Waals surface area contributed by atoms with Crippen LogP contribution in [-0.2, 0) is 14.3 Å². The van der Waals surface area contributed by atoms with Crippen molar-refractivity contribution in [2.45, 2.75) is 37.0 Å². The van der Waals surface area contributed by atoms with E-state index in [4.69, 9.17) is 21.1 Å². The van der Waals surface area contributed by atoms with Gasteiger partial charge in [-0.3, -0.25) is 9.59 Å². The summed E-state index contributed by atoms with van der Waals surface area (Å²) in [4.78, 5) is 30.6. The fraction of sp³-hybridized carbons (Fsp3) is 0.417. The first-order chi connectivity index (χ1) is 15.4. The summed E-state index contributed by atoms with van der Waals surface area (Å²) in [5.41, 5.74) is 1.65. The molecular formula is C24H29ClN2O4S. The number of hydrogen-bond acceptors (Lipinski definition) is 6. The van der Waals surface area contributed by atoms with Gasteiger partial charge in [0.1, 0.15) is 5.75 Å². The highest BCUT2D eigenvalue weighted by molar-refractivity contribution is 7.99. The largest absolute Gasteiger partial charge is 0.497 e. The zero-order valence-corrected chi connectivity index (χ0v) is 20.4. The van der Waals surface area contributed by atoms with E-state index in [0.717, 1.165) is 29.2 Å². The van der Waals surface area contributed by atoms with Gasteiger partial charge in [0.15, 0.2) is 6.10 Å². The number of carbonyl (C=O) groups is 2. The standard InChI is InChI=1S/C24H29ClN2O4S/c1-5-26(6-2)13-14-27-20-12-9-18(25)15-21(20)32-23(22(24(27)29)31-16(3)28)17-7-10-19(30-4)11-8-17/h7-12,15,22-23H,5-6,13-14H2,1-4H3. The van der Waals surface area contributed by atoms with Crippen LogP contribution in [0.1, 0.15) is 31.6 Å². The highest BCUT2D eigenvalue weighted by Crippen LogP contribution is 2.47. The van der Waals surface area contributed by atoms with E-state index < -0.39 is 17.3 Å². The van der Waals surface area contributed by atoms with Crippen molar-refractivity contribution in [1.29, 1.82) is 0 Å². The van der Waals surface area contributed by atoms with Crippen LogP contribution in [0.4, 0.5) is 5.69 Å². The lowest BCUT2D eigenvalue weighted by Crippen LogP contribution is -2.45. The van der Waals surface area contributed by atoms with E-state index in [0.29, 0.717) is 23.9 Å². The second-order valence-corrected chi connectivity index (χ2v) is 9.09. The topological polar surface area (TPSA) is 59.1 Å². The first-order valence-corrected chi connectivity index (χ1v) is 11.9. The molecule has 32 heavy (non-hydrogen) atoms. The number of benzene rings is 2. The van der Waals surface area contributed by atoms with Gasteiger partial charge in [0.25, 0.3) is 5.91 Å². The number of amides is 1. The van der Waals surface area contributed by atoms with Crippen molar-refractivity contribution in [2.75, 3.05) is 38.2 Å². The van der Waals surface area contributed by atoms with Crippen molar-refractivity contribution in [1.82, 2.24) is 4.90 Å². The van der Waals surface area contributed by atoms with Crippen LogP contribution in [0.5, 0.6) is 5.75 Å². The molecule has 0 fully saturated rings. The maximum atomic E-state index is 13.8. The van der Waals surface area contributed by atoms with E-state index in [1.165, 1.54) is 18.7 Å². The Labute approximate surface area is 198 Å². The molecule has 0 saturated heterocycles. The van der Waals surface area contributed by atoms with Crippen LogP contribution in [0.2, 0.25) is 5.02 Å². The Kier molecular flexibility index (Phi) is 8.45. The second kappa shape index (κ2) is 11.1. The number of halogens is 1. The number of hydrogen-bond donors (Lipinski definition) is 0. The number of carbonyl (C=O) groups excluding carboxylic acids is 2. The summed E-state index contributed by atoms with van der Waals surface area (Å²) in [6, 6.07) is 13.0. The molecule has 172 valence electrons. The minimum Gasteiger partial charge on any atom is -0.497 e. The maximum Gasteiger partial charge on any atom is 0.303 e. The molecule has 0 radical (unpaired) electrons. The second-order valence-electron chi connectivity index (χ2n) is 7.47. The number of likely N-dealkylation sites (N-methyl/N-ethyl adjacent to an activating group) is 1. The highest BCUT2D eigenvalue weighted by atomic mass is 35.5. The summed E-state index contributed by atoms with van der Waals surface area (Å²) < 4.78 is 10.9. The molecule has 1 aliphatic heterocycles. The third kappa shape index (κ3) is 5.57. The Morgan fingerprint density at radius 3 is 2.44 bits per heavy atom. The van der Waals surface area contributed by atoms with Gasteiger partial charge in [0.2, 0.25) is 0 Å². The zero-order chi connectivity index (χ0) is 23.3. The van der Waals surface area contributed by atoms with Crippen LogP contribution in [-0.4, -0.2) is 56.2 Å². The Morgan fingerprint density at radius 2 is 1.84 bits per heavy atom. The fourth-order valence-corrected chi connectivity index (χ4v) is 5.34. The van der Waals surface area contributed by atoms with Gasteiger partial charge >= 0.3 is 5.97 Å². The smallest absolute Gasteiger partial charge is 0.303 e. The van der Waals surface area contributed by atoms with E-state index in [1.807, 2.05) is 36.4 Å². The number of anilines is 1. The Morgan fingerprint density at radius 1 is 1.16 bits per heavy atom. The number of methoxy groups -OCH3 is 1. The molecule has 3 rings (SSSR count). The van der Waals surface area contributed by atoms with Gasteiger partial charge in [-0.2, -0.15) is 0 Å². The van der Waals surface area contributed by atoms with Gasteiger partial charge < -0.3 is 19.3 Å². The Bertz CT molecular complexity index is 950. The van der Waals surface area contributed by atoms with E-state index in [9.17, 15) is 9.59 Å². The lowest BCUT2D eigenvalue weighted by atomic mass is 10.1. The Hall–Kier alpha value is -2.22. The van der Waals surface area contributed by atoms with Crippen LogP contribution in [0.25, 0.3) is 0 Å². The van der Waals surface area contributed by atoms with Gasteiger partial charge in [-0.1, -0.05) is 37.6 Å². The van der Waals surface area contributed by atoms with Crippen LogP contribution >= 0.6 is 23.4 Å². The molecule has 0 aliphatic carbocycles. The van der Waals surface area contributed by atoms with Crippen molar-refractivity contribution in [3.8, 4) is 5.75 Å². The predicted octanol–water partition coefficient (Wildman–Crippen LogP) is 4.80. The van der Waals surface area contributed by atoms with Gasteiger partial charge in [-0.15, -0.1) is 11.8 Å². The lowest BCUT2D eigenvalue weighted by Gasteiger charge is -2.29. The van der Waals surface area contributed by atoms with Crippen molar-refractivity contribution in [3.05, 3.63) is 53.1 Å². The molecule has 0 saturated carbocycles. The quantitative estimate of drug-likeness (QED) is 0.510. The molecule has 0 N–H and O–H groups in total. The molecule has 2 atom stereocenters. The SMILES string of the molecule is CCN(CC)CCN1C(=O)C(OC(C)=O)C(c2ccc(OC)cc2)Sc2cc(Cl)ccc21. The summed E-state index contributed by atoms with van der Waals surface area (Å²) in [5.74, 6) is -0.0103. The molecule has 0 aromatic heterocycles. The van der Waals surface area contributed by atoms with Gasteiger partial charge in [0, 0.05) is 29.9 Å². The molecule has 2 unspecified atom stereocenters. The minimum atomic E-state index is -0.964. The number of rotatable bonds is 8. The molecule has 0 spiro atoms.